The first-order valence-corrected chi connectivity index (χ1v) is 6.39. The molecule has 0 saturated heterocycles. The summed E-state index contributed by atoms with van der Waals surface area (Å²) in [6, 6.07) is 0. The highest BCUT2D eigenvalue weighted by Gasteiger charge is 2.17. The first-order chi connectivity index (χ1) is 8.07. The van der Waals surface area contributed by atoms with Gasteiger partial charge < -0.3 is 10.2 Å². The summed E-state index contributed by atoms with van der Waals surface area (Å²) in [4.78, 5) is 11.7. The van der Waals surface area contributed by atoms with Crippen molar-refractivity contribution in [1.82, 2.24) is 0 Å². The maximum atomic E-state index is 11.7. The molecule has 0 spiro atoms. The fraction of sp³-hybridized carbons (Fsp3) is 0.667. The summed E-state index contributed by atoms with van der Waals surface area (Å²) in [6.07, 6.45) is 6.56. The van der Waals surface area contributed by atoms with Gasteiger partial charge in [-0.3, -0.25) is 4.79 Å². The predicted octanol–water partition coefficient (Wildman–Crippen LogP) is 2.63. The first kappa shape index (κ1) is 17.1. The van der Waals surface area contributed by atoms with Crippen LogP contribution in [0.1, 0.15) is 47.0 Å². The van der Waals surface area contributed by atoms with Crippen molar-refractivity contribution in [3.05, 3.63) is 24.8 Å². The van der Waals surface area contributed by atoms with Gasteiger partial charge in [-0.2, -0.15) is 0 Å². The molecule has 2 atom stereocenters. The number of carbonyl (C=O) groups is 1. The number of hydrogen-bond acceptors (Lipinski definition) is 3. The Morgan fingerprint density at radius 2 is 1.89 bits per heavy atom. The minimum Gasteiger partial charge on any atom is -0.386 e. The molecule has 3 nitrogen and oxygen atoms in total. The Bertz CT molecular complexity index is 308. The Hall–Kier alpha value is -0.930. The normalized spacial score (nSPS) is 17.4. The number of ketones is 1. The molecule has 0 heterocycles. The second-order valence-corrected chi connectivity index (χ2v) is 5.74. The fourth-order valence-electron chi connectivity index (χ4n) is 1.46. The second kappa shape index (κ2) is 6.86. The molecule has 104 valence electrons. The molecule has 0 aromatic carbocycles. The quantitative estimate of drug-likeness (QED) is 0.517. The molecule has 0 aromatic rings. The summed E-state index contributed by atoms with van der Waals surface area (Å²) in [6.45, 7) is 10.4. The average molecular weight is 254 g/mol. The van der Waals surface area contributed by atoms with Crippen molar-refractivity contribution in [2.24, 2.45) is 5.92 Å². The third kappa shape index (κ3) is 8.20. The number of aliphatic hydroxyl groups is 2. The first-order valence-electron chi connectivity index (χ1n) is 6.39. The molecule has 2 N–H and O–H groups in total. The highest BCUT2D eigenvalue weighted by molar-refractivity contribution is 5.91. The summed E-state index contributed by atoms with van der Waals surface area (Å²) < 4.78 is 0. The van der Waals surface area contributed by atoms with E-state index in [2.05, 4.69) is 6.58 Å². The fourth-order valence-corrected chi connectivity index (χ4v) is 1.46. The molecule has 3 heteroatoms. The van der Waals surface area contributed by atoms with Crippen LogP contribution >= 0.6 is 0 Å². The molecule has 0 rings (SSSR count). The Kier molecular flexibility index (Phi) is 6.50. The van der Waals surface area contributed by atoms with Gasteiger partial charge in [-0.1, -0.05) is 19.1 Å². The van der Waals surface area contributed by atoms with Gasteiger partial charge in [0.25, 0.3) is 0 Å². The van der Waals surface area contributed by atoms with Crippen LogP contribution in [0.4, 0.5) is 0 Å². The molecule has 0 fully saturated rings. The van der Waals surface area contributed by atoms with Crippen LogP contribution in [-0.4, -0.2) is 27.2 Å². The lowest BCUT2D eigenvalue weighted by molar-refractivity contribution is -0.118. The zero-order chi connectivity index (χ0) is 14.4. The molecule has 0 saturated carbocycles. The van der Waals surface area contributed by atoms with Crippen LogP contribution < -0.4 is 0 Å². The van der Waals surface area contributed by atoms with E-state index in [1.54, 1.807) is 20.8 Å². The van der Waals surface area contributed by atoms with Crippen molar-refractivity contribution in [2.45, 2.75) is 58.2 Å². The molecule has 18 heavy (non-hydrogen) atoms. The van der Waals surface area contributed by atoms with Crippen LogP contribution in [0.15, 0.2) is 24.8 Å². The SMILES string of the molecule is C=CC(C)(O)CCCC(C)C(=O)C=CC(C)(C)O. The van der Waals surface area contributed by atoms with E-state index in [1.807, 2.05) is 6.92 Å². The number of rotatable bonds is 8. The molecular weight excluding hydrogens is 228 g/mol. The van der Waals surface area contributed by atoms with Gasteiger partial charge in [-0.15, -0.1) is 6.58 Å². The molecule has 0 radical (unpaired) electrons. The standard InChI is InChI=1S/C15H26O3/c1-6-15(5,18)10-7-8-12(2)13(16)9-11-14(3,4)17/h6,9,11-12,17-18H,1,7-8,10H2,2-5H3. The number of carbonyl (C=O) groups excluding carboxylic acids is 1. The maximum absolute atomic E-state index is 11.7. The van der Waals surface area contributed by atoms with Crippen LogP contribution in [0.2, 0.25) is 0 Å². The summed E-state index contributed by atoms with van der Waals surface area (Å²) in [5.74, 6) is -0.0837. The summed E-state index contributed by atoms with van der Waals surface area (Å²) >= 11 is 0. The van der Waals surface area contributed by atoms with E-state index in [1.165, 1.54) is 18.2 Å². The molecule has 2 unspecified atom stereocenters. The lowest BCUT2D eigenvalue weighted by atomic mass is 9.93. The minimum atomic E-state index is -0.956. The average Bonchev–Trinajstić information content (AvgIpc) is 2.24. The number of hydrogen-bond donors (Lipinski definition) is 2. The van der Waals surface area contributed by atoms with Crippen LogP contribution in [-0.2, 0) is 4.79 Å². The highest BCUT2D eigenvalue weighted by Crippen LogP contribution is 2.18. The van der Waals surface area contributed by atoms with Crippen molar-refractivity contribution < 1.29 is 15.0 Å². The van der Waals surface area contributed by atoms with E-state index in [0.29, 0.717) is 6.42 Å². The van der Waals surface area contributed by atoms with Crippen molar-refractivity contribution in [3.63, 3.8) is 0 Å². The molecule has 0 amide bonds. The van der Waals surface area contributed by atoms with Gasteiger partial charge in [0.15, 0.2) is 5.78 Å². The third-order valence-electron chi connectivity index (χ3n) is 2.90. The molecular formula is C15H26O3. The van der Waals surface area contributed by atoms with Crippen molar-refractivity contribution in [3.8, 4) is 0 Å². The van der Waals surface area contributed by atoms with Crippen molar-refractivity contribution in [2.75, 3.05) is 0 Å². The van der Waals surface area contributed by atoms with E-state index in [0.717, 1.165) is 12.8 Å². The topological polar surface area (TPSA) is 57.5 Å². The Balaban J connectivity index is 4.11. The predicted molar refractivity (Wildman–Crippen MR) is 74.3 cm³/mol. The smallest absolute Gasteiger partial charge is 0.158 e. The van der Waals surface area contributed by atoms with Crippen molar-refractivity contribution >= 4 is 5.78 Å². The van der Waals surface area contributed by atoms with E-state index >= 15 is 0 Å². The van der Waals surface area contributed by atoms with E-state index in [-0.39, 0.29) is 11.7 Å². The lowest BCUT2D eigenvalue weighted by Crippen LogP contribution is -2.21. The molecule has 0 aliphatic heterocycles. The van der Waals surface area contributed by atoms with Crippen LogP contribution in [0.3, 0.4) is 0 Å². The van der Waals surface area contributed by atoms with Crippen molar-refractivity contribution in [1.29, 1.82) is 0 Å². The molecule has 0 aromatic heterocycles. The molecule has 0 aliphatic carbocycles. The Morgan fingerprint density at radius 1 is 1.33 bits per heavy atom. The third-order valence-corrected chi connectivity index (χ3v) is 2.90. The number of allylic oxidation sites excluding steroid dienone is 1. The van der Waals surface area contributed by atoms with E-state index in [9.17, 15) is 15.0 Å². The van der Waals surface area contributed by atoms with Gasteiger partial charge in [0.2, 0.25) is 0 Å². The molecule has 0 aliphatic rings. The van der Waals surface area contributed by atoms with Gasteiger partial charge in [0.05, 0.1) is 11.2 Å². The summed E-state index contributed by atoms with van der Waals surface area (Å²) in [7, 11) is 0. The minimum absolute atomic E-state index is 0.00960. The zero-order valence-corrected chi connectivity index (χ0v) is 11.9. The Morgan fingerprint density at radius 3 is 2.33 bits per heavy atom. The summed E-state index contributed by atoms with van der Waals surface area (Å²) in [5, 5.41) is 19.2. The Labute approximate surface area is 110 Å². The van der Waals surface area contributed by atoms with Gasteiger partial charge in [-0.05, 0) is 46.1 Å². The van der Waals surface area contributed by atoms with Gasteiger partial charge >= 0.3 is 0 Å². The van der Waals surface area contributed by atoms with Gasteiger partial charge in [0.1, 0.15) is 0 Å². The van der Waals surface area contributed by atoms with E-state index < -0.39 is 11.2 Å². The lowest BCUT2D eigenvalue weighted by Gasteiger charge is -2.19. The van der Waals surface area contributed by atoms with Crippen LogP contribution in [0, 0.1) is 5.92 Å². The monoisotopic (exact) mass is 254 g/mol. The summed E-state index contributed by atoms with van der Waals surface area (Å²) in [5.41, 5.74) is -1.81. The maximum Gasteiger partial charge on any atom is 0.158 e. The zero-order valence-electron chi connectivity index (χ0n) is 11.9. The highest BCUT2D eigenvalue weighted by atomic mass is 16.3. The van der Waals surface area contributed by atoms with E-state index in [4.69, 9.17) is 0 Å². The molecule has 0 bridgehead atoms. The van der Waals surface area contributed by atoms with Gasteiger partial charge in [0, 0.05) is 5.92 Å². The van der Waals surface area contributed by atoms with Gasteiger partial charge in [-0.25, -0.2) is 0 Å². The second-order valence-electron chi connectivity index (χ2n) is 5.74. The van der Waals surface area contributed by atoms with Crippen LogP contribution in [0.5, 0.6) is 0 Å². The largest absolute Gasteiger partial charge is 0.386 e. The van der Waals surface area contributed by atoms with Crippen LogP contribution in [0.25, 0.3) is 0 Å².